The summed E-state index contributed by atoms with van der Waals surface area (Å²) in [6.07, 6.45) is 0.936. The monoisotopic (exact) mass is 504 g/mol. The first-order valence-corrected chi connectivity index (χ1v) is 13.0. The van der Waals surface area contributed by atoms with E-state index < -0.39 is 4.92 Å². The highest BCUT2D eigenvalue weighted by molar-refractivity contribution is 7.10. The van der Waals surface area contributed by atoms with Crippen molar-refractivity contribution >= 4 is 28.8 Å². The minimum atomic E-state index is -0.482. The molecule has 0 saturated carbocycles. The number of amides is 2. The van der Waals surface area contributed by atoms with Crippen LogP contribution in [0.15, 0.2) is 66.0 Å². The summed E-state index contributed by atoms with van der Waals surface area (Å²) in [4.78, 5) is 44.1. The lowest BCUT2D eigenvalue weighted by Gasteiger charge is -2.42. The number of non-ortho nitro benzene ring substituents is 1. The average molecular weight is 505 g/mol. The van der Waals surface area contributed by atoms with Crippen LogP contribution in [0, 0.1) is 10.1 Å². The van der Waals surface area contributed by atoms with E-state index in [1.54, 1.807) is 16.2 Å². The van der Waals surface area contributed by atoms with Crippen molar-refractivity contribution in [1.29, 1.82) is 0 Å². The Balaban J connectivity index is 1.26. The van der Waals surface area contributed by atoms with Gasteiger partial charge in [0.25, 0.3) is 11.6 Å². The summed E-state index contributed by atoms with van der Waals surface area (Å²) in [5.74, 6) is -0.0905. The quantitative estimate of drug-likeness (QED) is 0.388. The van der Waals surface area contributed by atoms with E-state index in [0.29, 0.717) is 31.7 Å². The van der Waals surface area contributed by atoms with Crippen molar-refractivity contribution in [3.63, 3.8) is 0 Å². The molecule has 3 aromatic rings. The second kappa shape index (κ2) is 10.2. The molecule has 2 amide bonds. The van der Waals surface area contributed by atoms with E-state index in [4.69, 9.17) is 0 Å². The molecule has 0 unspecified atom stereocenters. The summed E-state index contributed by atoms with van der Waals surface area (Å²) in [6, 6.07) is 18.0. The highest BCUT2D eigenvalue weighted by Gasteiger charge is 2.37. The van der Waals surface area contributed by atoms with Crippen molar-refractivity contribution in [2.24, 2.45) is 0 Å². The molecular formula is C27H28N4O4S. The number of thiophene rings is 1. The second-order valence-electron chi connectivity index (χ2n) is 9.20. The molecule has 2 aliphatic rings. The molecule has 36 heavy (non-hydrogen) atoms. The third-order valence-electron chi connectivity index (χ3n) is 7.18. The number of nitro groups is 1. The fourth-order valence-electron chi connectivity index (χ4n) is 5.20. The van der Waals surface area contributed by atoms with Gasteiger partial charge in [-0.15, -0.1) is 11.3 Å². The molecule has 8 nitrogen and oxygen atoms in total. The number of rotatable bonds is 5. The van der Waals surface area contributed by atoms with E-state index in [0.717, 1.165) is 13.0 Å². The highest BCUT2D eigenvalue weighted by atomic mass is 32.1. The first kappa shape index (κ1) is 24.1. The molecule has 186 valence electrons. The fourth-order valence-corrected chi connectivity index (χ4v) is 6.11. The number of fused-ring (bicyclic) bond motifs is 1. The van der Waals surface area contributed by atoms with Crippen molar-refractivity contribution in [2.75, 3.05) is 32.7 Å². The van der Waals surface area contributed by atoms with E-state index in [-0.39, 0.29) is 29.6 Å². The third kappa shape index (κ3) is 4.64. The lowest BCUT2D eigenvalue weighted by molar-refractivity contribution is -0.384. The van der Waals surface area contributed by atoms with E-state index in [2.05, 4.69) is 28.5 Å². The Hall–Kier alpha value is -3.56. The van der Waals surface area contributed by atoms with Gasteiger partial charge in [0.15, 0.2) is 0 Å². The predicted molar refractivity (Wildman–Crippen MR) is 138 cm³/mol. The van der Waals surface area contributed by atoms with Crippen LogP contribution < -0.4 is 0 Å². The van der Waals surface area contributed by atoms with E-state index in [1.807, 2.05) is 30.0 Å². The van der Waals surface area contributed by atoms with E-state index in [9.17, 15) is 19.7 Å². The summed E-state index contributed by atoms with van der Waals surface area (Å²) in [5.41, 5.74) is 2.85. The van der Waals surface area contributed by atoms with Crippen LogP contribution in [0.5, 0.6) is 0 Å². The van der Waals surface area contributed by atoms with Gasteiger partial charge >= 0.3 is 0 Å². The second-order valence-corrected chi connectivity index (χ2v) is 10.2. The minimum absolute atomic E-state index is 0.0444. The number of piperazine rings is 1. The van der Waals surface area contributed by atoms with Crippen molar-refractivity contribution in [3.05, 3.63) is 97.7 Å². The SMILES string of the molecule is C[C@@H](C(=O)N1CCN(C(=O)c2ccc([N+](=O)[O-])cc2)CC1)N1CCc2sccc2[C@@H]1c1ccccc1. The summed E-state index contributed by atoms with van der Waals surface area (Å²) in [6.45, 7) is 4.61. The summed E-state index contributed by atoms with van der Waals surface area (Å²) in [7, 11) is 0. The molecular weight excluding hydrogens is 476 g/mol. The van der Waals surface area contributed by atoms with Gasteiger partial charge in [-0.05, 0) is 48.1 Å². The maximum atomic E-state index is 13.6. The lowest BCUT2D eigenvalue weighted by atomic mass is 9.92. The van der Waals surface area contributed by atoms with E-state index >= 15 is 0 Å². The molecule has 1 aromatic heterocycles. The topological polar surface area (TPSA) is 87.0 Å². The number of carbonyl (C=O) groups is 2. The Morgan fingerprint density at radius 1 is 0.944 bits per heavy atom. The molecule has 1 saturated heterocycles. The van der Waals surface area contributed by atoms with Crippen LogP contribution in [0.4, 0.5) is 5.69 Å². The number of nitro benzene ring substituents is 1. The number of hydrogen-bond acceptors (Lipinski definition) is 6. The summed E-state index contributed by atoms with van der Waals surface area (Å²) in [5, 5.41) is 13.0. The summed E-state index contributed by atoms with van der Waals surface area (Å²) >= 11 is 1.78. The molecule has 0 spiro atoms. The number of carbonyl (C=O) groups excluding carboxylic acids is 2. The van der Waals surface area contributed by atoms with Gasteiger partial charge in [0.05, 0.1) is 17.0 Å². The largest absolute Gasteiger partial charge is 0.338 e. The number of hydrogen-bond donors (Lipinski definition) is 0. The molecule has 9 heteroatoms. The third-order valence-corrected chi connectivity index (χ3v) is 8.17. The Morgan fingerprint density at radius 3 is 2.28 bits per heavy atom. The molecule has 0 N–H and O–H groups in total. The first-order valence-electron chi connectivity index (χ1n) is 12.1. The Kier molecular flexibility index (Phi) is 6.84. The zero-order valence-electron chi connectivity index (χ0n) is 20.1. The number of benzene rings is 2. The van der Waals surface area contributed by atoms with Gasteiger partial charge in [0, 0.05) is 55.3 Å². The Labute approximate surface area is 213 Å². The minimum Gasteiger partial charge on any atom is -0.338 e. The molecule has 3 heterocycles. The van der Waals surface area contributed by atoms with Gasteiger partial charge in [-0.3, -0.25) is 24.6 Å². The molecule has 2 aromatic carbocycles. The molecule has 1 fully saturated rings. The summed E-state index contributed by atoms with van der Waals surface area (Å²) < 4.78 is 0. The average Bonchev–Trinajstić information content (AvgIpc) is 3.41. The smallest absolute Gasteiger partial charge is 0.269 e. The van der Waals surface area contributed by atoms with Gasteiger partial charge in [-0.25, -0.2) is 0 Å². The predicted octanol–water partition coefficient (Wildman–Crippen LogP) is 3.98. The van der Waals surface area contributed by atoms with Crippen LogP contribution >= 0.6 is 11.3 Å². The van der Waals surface area contributed by atoms with Crippen molar-refractivity contribution in [1.82, 2.24) is 14.7 Å². The van der Waals surface area contributed by atoms with Crippen LogP contribution in [-0.2, 0) is 11.2 Å². The van der Waals surface area contributed by atoms with E-state index in [1.165, 1.54) is 40.3 Å². The molecule has 2 atom stereocenters. The van der Waals surface area contributed by atoms with Gasteiger partial charge < -0.3 is 9.80 Å². The van der Waals surface area contributed by atoms with Crippen LogP contribution in [0.1, 0.15) is 39.3 Å². The molecule has 0 radical (unpaired) electrons. The van der Waals surface area contributed by atoms with Crippen LogP contribution in [0.25, 0.3) is 0 Å². The first-order chi connectivity index (χ1) is 17.4. The van der Waals surface area contributed by atoms with Gasteiger partial charge in [-0.1, -0.05) is 30.3 Å². The zero-order chi connectivity index (χ0) is 25.2. The molecule has 2 aliphatic heterocycles. The maximum Gasteiger partial charge on any atom is 0.269 e. The van der Waals surface area contributed by atoms with Crippen molar-refractivity contribution in [3.8, 4) is 0 Å². The normalized spacial score (nSPS) is 19.0. The van der Waals surface area contributed by atoms with Crippen LogP contribution in [0.2, 0.25) is 0 Å². The zero-order valence-corrected chi connectivity index (χ0v) is 20.9. The van der Waals surface area contributed by atoms with Gasteiger partial charge in [0.1, 0.15) is 0 Å². The van der Waals surface area contributed by atoms with Crippen LogP contribution in [0.3, 0.4) is 0 Å². The number of nitrogens with zero attached hydrogens (tertiary/aromatic N) is 4. The van der Waals surface area contributed by atoms with Crippen molar-refractivity contribution < 1.29 is 14.5 Å². The van der Waals surface area contributed by atoms with Gasteiger partial charge in [0.2, 0.25) is 5.91 Å². The molecule has 0 aliphatic carbocycles. The van der Waals surface area contributed by atoms with Crippen molar-refractivity contribution in [2.45, 2.75) is 25.4 Å². The fraction of sp³-hybridized carbons (Fsp3) is 0.333. The van der Waals surface area contributed by atoms with Gasteiger partial charge in [-0.2, -0.15) is 0 Å². The molecule has 5 rings (SSSR count). The highest BCUT2D eigenvalue weighted by Crippen LogP contribution is 2.39. The standard InChI is InChI=1S/C27H28N4O4S/c1-19(30-13-11-24-23(12-18-36-24)25(30)20-5-3-2-4-6-20)26(32)28-14-16-29(17-15-28)27(33)21-7-9-22(10-8-21)31(34)35/h2-10,12,18-19,25H,11,13-17H2,1H3/t19-,25-/m0/s1. The lowest BCUT2D eigenvalue weighted by Crippen LogP contribution is -2.56. The Morgan fingerprint density at radius 2 is 1.61 bits per heavy atom. The maximum absolute atomic E-state index is 13.6. The van der Waals surface area contributed by atoms with Crippen LogP contribution in [-0.4, -0.2) is 70.2 Å². The Bertz CT molecular complexity index is 1250. The molecule has 0 bridgehead atoms.